The Hall–Kier alpha value is -4.70. The predicted molar refractivity (Wildman–Crippen MR) is 182 cm³/mol. The number of amides is 2. The summed E-state index contributed by atoms with van der Waals surface area (Å²) in [5.41, 5.74) is 2.88. The molecular weight excluding hydrogens is 617 g/mol. The van der Waals surface area contributed by atoms with Crippen LogP contribution in [0.15, 0.2) is 108 Å². The molecule has 0 spiro atoms. The molecular formula is C37H42FN3O5S. The molecule has 0 aliphatic heterocycles. The van der Waals surface area contributed by atoms with E-state index in [1.165, 1.54) is 17.0 Å². The van der Waals surface area contributed by atoms with E-state index >= 15 is 0 Å². The van der Waals surface area contributed by atoms with E-state index in [-0.39, 0.29) is 35.5 Å². The van der Waals surface area contributed by atoms with Crippen LogP contribution in [0.25, 0.3) is 0 Å². The molecule has 248 valence electrons. The molecule has 0 unspecified atom stereocenters. The molecule has 4 aromatic rings. The summed E-state index contributed by atoms with van der Waals surface area (Å²) in [6.07, 6.45) is 0.908. The molecule has 0 fully saturated rings. The number of hydrogen-bond donors (Lipinski definition) is 1. The van der Waals surface area contributed by atoms with Gasteiger partial charge < -0.3 is 15.0 Å². The topological polar surface area (TPSA) is 96.0 Å². The van der Waals surface area contributed by atoms with E-state index < -0.39 is 34.3 Å². The van der Waals surface area contributed by atoms with Crippen LogP contribution in [0.5, 0.6) is 5.75 Å². The fourth-order valence-electron chi connectivity index (χ4n) is 5.02. The van der Waals surface area contributed by atoms with E-state index in [4.69, 9.17) is 4.74 Å². The van der Waals surface area contributed by atoms with Gasteiger partial charge in [0, 0.05) is 19.0 Å². The zero-order valence-electron chi connectivity index (χ0n) is 27.2. The third-order valence-electron chi connectivity index (χ3n) is 7.86. The summed E-state index contributed by atoms with van der Waals surface area (Å²) in [6, 6.07) is 26.7. The minimum absolute atomic E-state index is 0.0677. The first-order chi connectivity index (χ1) is 22.5. The van der Waals surface area contributed by atoms with Crippen molar-refractivity contribution in [1.29, 1.82) is 0 Å². The molecule has 0 saturated carbocycles. The van der Waals surface area contributed by atoms with Gasteiger partial charge in [-0.1, -0.05) is 67.1 Å². The number of sulfonamides is 1. The number of rotatable bonds is 15. The number of carbonyl (C=O) groups excluding carboxylic acids is 2. The Morgan fingerprint density at radius 3 is 2.09 bits per heavy atom. The Bertz CT molecular complexity index is 1720. The molecule has 0 radical (unpaired) electrons. The van der Waals surface area contributed by atoms with Gasteiger partial charge >= 0.3 is 0 Å². The quantitative estimate of drug-likeness (QED) is 0.162. The van der Waals surface area contributed by atoms with Gasteiger partial charge in [-0.3, -0.25) is 13.9 Å². The van der Waals surface area contributed by atoms with Crippen LogP contribution in [0.3, 0.4) is 0 Å². The summed E-state index contributed by atoms with van der Waals surface area (Å²) >= 11 is 0. The second-order valence-electron chi connectivity index (χ2n) is 11.4. The van der Waals surface area contributed by atoms with Crippen LogP contribution < -0.4 is 14.4 Å². The fourth-order valence-corrected chi connectivity index (χ4v) is 6.44. The zero-order valence-corrected chi connectivity index (χ0v) is 28.0. The largest absolute Gasteiger partial charge is 0.494 e. The van der Waals surface area contributed by atoms with Crippen molar-refractivity contribution in [2.24, 2.45) is 0 Å². The van der Waals surface area contributed by atoms with Gasteiger partial charge in [-0.15, -0.1) is 0 Å². The lowest BCUT2D eigenvalue weighted by atomic mass is 10.0. The number of nitrogens with one attached hydrogen (secondary N) is 1. The second-order valence-corrected chi connectivity index (χ2v) is 13.3. The molecule has 0 saturated heterocycles. The van der Waals surface area contributed by atoms with E-state index in [1.807, 2.05) is 82.3 Å². The summed E-state index contributed by atoms with van der Waals surface area (Å²) in [4.78, 5) is 29.7. The van der Waals surface area contributed by atoms with Crippen LogP contribution in [0.1, 0.15) is 43.9 Å². The van der Waals surface area contributed by atoms with Gasteiger partial charge in [-0.2, -0.15) is 0 Å². The first-order valence-electron chi connectivity index (χ1n) is 15.7. The number of carbonyl (C=O) groups is 2. The average molecular weight is 660 g/mol. The van der Waals surface area contributed by atoms with Crippen molar-refractivity contribution in [1.82, 2.24) is 10.2 Å². The van der Waals surface area contributed by atoms with E-state index in [2.05, 4.69) is 5.32 Å². The Morgan fingerprint density at radius 2 is 1.49 bits per heavy atom. The Balaban J connectivity index is 1.80. The van der Waals surface area contributed by atoms with Crippen molar-refractivity contribution in [3.8, 4) is 5.75 Å². The third kappa shape index (κ3) is 9.42. The van der Waals surface area contributed by atoms with Gasteiger partial charge in [0.05, 0.1) is 17.2 Å². The lowest BCUT2D eigenvalue weighted by Crippen LogP contribution is -2.54. The predicted octanol–water partition coefficient (Wildman–Crippen LogP) is 6.28. The molecule has 2 atom stereocenters. The van der Waals surface area contributed by atoms with Crippen LogP contribution in [-0.4, -0.2) is 50.4 Å². The number of halogens is 1. The minimum Gasteiger partial charge on any atom is -0.494 e. The lowest BCUT2D eigenvalue weighted by molar-refractivity contribution is -0.140. The highest BCUT2D eigenvalue weighted by molar-refractivity contribution is 7.92. The Labute approximate surface area is 277 Å². The number of nitrogens with zero attached hydrogens (tertiary/aromatic N) is 2. The smallest absolute Gasteiger partial charge is 0.264 e. The van der Waals surface area contributed by atoms with Crippen molar-refractivity contribution in [2.45, 2.75) is 64.1 Å². The average Bonchev–Trinajstić information content (AvgIpc) is 3.07. The molecule has 4 aromatic carbocycles. The Kier molecular flexibility index (Phi) is 12.1. The van der Waals surface area contributed by atoms with Crippen molar-refractivity contribution in [3.05, 3.63) is 126 Å². The summed E-state index contributed by atoms with van der Waals surface area (Å²) in [7, 11) is -4.35. The number of hydrogen-bond acceptors (Lipinski definition) is 5. The molecule has 2 amide bonds. The highest BCUT2D eigenvalue weighted by Gasteiger charge is 2.35. The van der Waals surface area contributed by atoms with Gasteiger partial charge in [-0.05, 0) is 86.8 Å². The van der Waals surface area contributed by atoms with E-state index in [0.29, 0.717) is 18.8 Å². The number of anilines is 1. The van der Waals surface area contributed by atoms with Crippen molar-refractivity contribution in [2.75, 3.05) is 17.5 Å². The first kappa shape index (κ1) is 35.2. The van der Waals surface area contributed by atoms with Gasteiger partial charge in [-0.25, -0.2) is 12.8 Å². The maximum atomic E-state index is 14.5. The number of ether oxygens (including phenoxy) is 1. The molecule has 4 rings (SSSR count). The maximum absolute atomic E-state index is 14.5. The highest BCUT2D eigenvalue weighted by Crippen LogP contribution is 2.27. The normalized spacial score (nSPS) is 12.5. The maximum Gasteiger partial charge on any atom is 0.264 e. The summed E-state index contributed by atoms with van der Waals surface area (Å²) in [5.74, 6) is -0.969. The van der Waals surface area contributed by atoms with Crippen molar-refractivity contribution in [3.63, 3.8) is 0 Å². The van der Waals surface area contributed by atoms with Gasteiger partial charge in [0.15, 0.2) is 0 Å². The molecule has 0 aromatic heterocycles. The molecule has 47 heavy (non-hydrogen) atoms. The van der Waals surface area contributed by atoms with Crippen molar-refractivity contribution >= 4 is 27.5 Å². The molecule has 0 aliphatic rings. The first-order valence-corrected chi connectivity index (χ1v) is 17.2. The second kappa shape index (κ2) is 16.2. The minimum atomic E-state index is -4.35. The van der Waals surface area contributed by atoms with E-state index in [1.54, 1.807) is 24.3 Å². The summed E-state index contributed by atoms with van der Waals surface area (Å²) < 4.78 is 48.6. The summed E-state index contributed by atoms with van der Waals surface area (Å²) in [5, 5.41) is 3.03. The van der Waals surface area contributed by atoms with Crippen LogP contribution in [0.2, 0.25) is 0 Å². The molecule has 0 bridgehead atoms. The van der Waals surface area contributed by atoms with Crippen LogP contribution in [-0.2, 0) is 32.6 Å². The van der Waals surface area contributed by atoms with Gasteiger partial charge in [0.25, 0.3) is 10.0 Å². The zero-order chi connectivity index (χ0) is 34.0. The van der Waals surface area contributed by atoms with Crippen LogP contribution in [0.4, 0.5) is 10.1 Å². The third-order valence-corrected chi connectivity index (χ3v) is 9.65. The van der Waals surface area contributed by atoms with E-state index in [0.717, 1.165) is 33.1 Å². The summed E-state index contributed by atoms with van der Waals surface area (Å²) in [6.45, 7) is 7.53. The van der Waals surface area contributed by atoms with Crippen LogP contribution in [0, 0.1) is 12.7 Å². The Morgan fingerprint density at radius 1 is 0.851 bits per heavy atom. The SMILES string of the molecule is CCOc1ccc(N(CC(=O)N(Cc2ccc(C)cc2)[C@H](Cc2ccccc2)C(=O)N[C@H](C)CC)S(=O)(=O)c2ccc(F)cc2)cc1. The lowest BCUT2D eigenvalue weighted by Gasteiger charge is -2.34. The molecule has 10 heteroatoms. The molecule has 8 nitrogen and oxygen atoms in total. The standard InChI is InChI=1S/C37H42FN3O5S/c1-5-28(4)39-37(43)35(24-29-10-8-7-9-11-29)40(25-30-14-12-27(3)13-15-30)36(42)26-41(32-18-20-33(21-19-32)46-6-2)47(44,45)34-22-16-31(38)17-23-34/h7-23,28,35H,5-6,24-26H2,1-4H3,(H,39,43)/t28-,35-/m1/s1. The van der Waals surface area contributed by atoms with E-state index in [9.17, 15) is 22.4 Å². The molecule has 0 heterocycles. The number of aryl methyl sites for hydroxylation is 1. The van der Waals surface area contributed by atoms with Gasteiger partial charge in [0.1, 0.15) is 24.2 Å². The van der Waals surface area contributed by atoms with Crippen molar-refractivity contribution < 1.29 is 27.1 Å². The fraction of sp³-hybridized carbons (Fsp3) is 0.297. The molecule has 0 aliphatic carbocycles. The van der Waals surface area contributed by atoms with Gasteiger partial charge in [0.2, 0.25) is 11.8 Å². The van der Waals surface area contributed by atoms with Crippen LogP contribution >= 0.6 is 0 Å². The number of benzene rings is 4. The highest BCUT2D eigenvalue weighted by atomic mass is 32.2. The molecule has 1 N–H and O–H groups in total. The monoisotopic (exact) mass is 659 g/mol.